The molecule has 3 heterocycles. The smallest absolute Gasteiger partial charge is 0.261 e. The number of H-pyrrole nitrogens is 1. The van der Waals surface area contributed by atoms with Gasteiger partial charge in [0.25, 0.3) is 5.56 Å². The maximum atomic E-state index is 12.8. The second-order valence-corrected chi connectivity index (χ2v) is 9.20. The summed E-state index contributed by atoms with van der Waals surface area (Å²) in [6.45, 7) is 3.55. The first-order chi connectivity index (χ1) is 15.1. The lowest BCUT2D eigenvalue weighted by molar-refractivity contribution is 0.291. The molecule has 0 saturated heterocycles. The number of halogens is 2. The molecule has 158 valence electrons. The highest BCUT2D eigenvalue weighted by atomic mass is 79.9. The van der Waals surface area contributed by atoms with Crippen LogP contribution < -0.4 is 5.56 Å². The molecule has 0 spiro atoms. The van der Waals surface area contributed by atoms with E-state index in [2.05, 4.69) is 67.3 Å². The highest BCUT2D eigenvalue weighted by Crippen LogP contribution is 2.29. The number of rotatable bonds is 5. The van der Waals surface area contributed by atoms with Gasteiger partial charge in [0, 0.05) is 58.3 Å². The Balaban J connectivity index is 1.23. The molecule has 0 saturated carbocycles. The van der Waals surface area contributed by atoms with Crippen LogP contribution in [0, 0.1) is 0 Å². The molecule has 31 heavy (non-hydrogen) atoms. The van der Waals surface area contributed by atoms with Crippen LogP contribution in [0.1, 0.15) is 18.4 Å². The molecule has 0 amide bonds. The van der Waals surface area contributed by atoms with E-state index < -0.39 is 0 Å². The van der Waals surface area contributed by atoms with Gasteiger partial charge in [-0.1, -0.05) is 35.9 Å². The normalized spacial score (nSPS) is 15.0. The Bertz CT molecular complexity index is 1360. The number of hydrogen-bond acceptors (Lipinski definition) is 3. The Hall–Kier alpha value is -2.41. The predicted molar refractivity (Wildman–Crippen MR) is 131 cm³/mol. The van der Waals surface area contributed by atoms with Gasteiger partial charge in [-0.25, -0.2) is 4.98 Å². The molecule has 0 radical (unpaired) electrons. The second-order valence-electron chi connectivity index (χ2n) is 7.91. The summed E-state index contributed by atoms with van der Waals surface area (Å²) >= 11 is 9.55. The lowest BCUT2D eigenvalue weighted by Crippen LogP contribution is -2.31. The molecule has 1 N–H and O–H groups in total. The molecular weight excluding hydrogens is 476 g/mol. The van der Waals surface area contributed by atoms with Gasteiger partial charge in [-0.05, 0) is 52.5 Å². The topological polar surface area (TPSA) is 53.9 Å². The summed E-state index contributed by atoms with van der Waals surface area (Å²) in [4.78, 5) is 23.1. The molecule has 4 aromatic rings. The van der Waals surface area contributed by atoms with E-state index in [0.29, 0.717) is 22.5 Å². The Labute approximate surface area is 193 Å². The highest BCUT2D eigenvalue weighted by molar-refractivity contribution is 9.10. The summed E-state index contributed by atoms with van der Waals surface area (Å²) in [5.74, 6) is 0. The third-order valence-electron chi connectivity index (χ3n) is 5.95. The van der Waals surface area contributed by atoms with Gasteiger partial charge >= 0.3 is 0 Å². The quantitative estimate of drug-likeness (QED) is 0.398. The van der Waals surface area contributed by atoms with Gasteiger partial charge in [-0.2, -0.15) is 0 Å². The van der Waals surface area contributed by atoms with Crippen LogP contribution in [0.3, 0.4) is 0 Å². The molecule has 0 aliphatic carbocycles. The van der Waals surface area contributed by atoms with Crippen LogP contribution in [0.2, 0.25) is 5.02 Å². The number of hydrogen-bond donors (Lipinski definition) is 1. The fourth-order valence-corrected chi connectivity index (χ4v) is 5.23. The van der Waals surface area contributed by atoms with Crippen molar-refractivity contribution in [2.75, 3.05) is 19.6 Å². The van der Waals surface area contributed by atoms with Gasteiger partial charge in [0.2, 0.25) is 0 Å². The lowest BCUT2D eigenvalue weighted by Gasteiger charge is -2.26. The van der Waals surface area contributed by atoms with Crippen molar-refractivity contribution in [3.8, 4) is 0 Å². The van der Waals surface area contributed by atoms with E-state index in [9.17, 15) is 4.79 Å². The fraction of sp³-hybridized carbons (Fsp3) is 0.250. The summed E-state index contributed by atoms with van der Waals surface area (Å²) in [5, 5.41) is 2.37. The Morgan fingerprint density at radius 1 is 1.16 bits per heavy atom. The molecule has 0 bridgehead atoms. The average Bonchev–Trinajstić information content (AvgIpc) is 3.20. The third-order valence-corrected chi connectivity index (χ3v) is 6.77. The minimum absolute atomic E-state index is 0.0478. The summed E-state index contributed by atoms with van der Waals surface area (Å²) in [5.41, 5.74) is 4.51. The minimum atomic E-state index is -0.0478. The first-order valence-corrected chi connectivity index (χ1v) is 11.6. The largest absolute Gasteiger partial charge is 0.361 e. The number of aromatic amines is 1. The Kier molecular flexibility index (Phi) is 5.69. The summed E-state index contributed by atoms with van der Waals surface area (Å²) in [7, 11) is 0. The number of aryl methyl sites for hydroxylation is 1. The maximum Gasteiger partial charge on any atom is 0.261 e. The van der Waals surface area contributed by atoms with Crippen molar-refractivity contribution in [3.63, 3.8) is 0 Å². The van der Waals surface area contributed by atoms with Crippen LogP contribution >= 0.6 is 27.5 Å². The molecule has 5 nitrogen and oxygen atoms in total. The first kappa shape index (κ1) is 20.5. The van der Waals surface area contributed by atoms with E-state index in [1.807, 2.05) is 0 Å². The zero-order chi connectivity index (χ0) is 21.4. The zero-order valence-corrected chi connectivity index (χ0v) is 19.3. The standard InChI is InChI=1S/C24H22BrClN4O/c25-21-13-17(26)12-19-23(21)28-15-30(24(19)31)9-3-8-29-10-6-16(7-11-29)20-14-27-22-5-2-1-4-18(20)22/h1-2,4-6,12-15,27H,3,7-11H2. The van der Waals surface area contributed by atoms with Crippen LogP contribution in [0.25, 0.3) is 27.4 Å². The van der Waals surface area contributed by atoms with Crippen molar-refractivity contribution in [2.45, 2.75) is 19.4 Å². The monoisotopic (exact) mass is 496 g/mol. The average molecular weight is 498 g/mol. The van der Waals surface area contributed by atoms with Crippen LogP contribution in [-0.4, -0.2) is 39.1 Å². The molecule has 0 atom stereocenters. The van der Waals surface area contributed by atoms with Gasteiger partial charge in [0.15, 0.2) is 0 Å². The number of nitrogens with one attached hydrogen (secondary N) is 1. The van der Waals surface area contributed by atoms with E-state index in [-0.39, 0.29) is 5.56 Å². The summed E-state index contributed by atoms with van der Waals surface area (Å²) < 4.78 is 2.42. The molecule has 1 aliphatic heterocycles. The molecule has 2 aromatic carbocycles. The Morgan fingerprint density at radius 3 is 2.87 bits per heavy atom. The number of benzene rings is 2. The van der Waals surface area contributed by atoms with Crippen molar-refractivity contribution >= 4 is 54.9 Å². The summed E-state index contributed by atoms with van der Waals surface area (Å²) in [6, 6.07) is 11.9. The number of fused-ring (bicyclic) bond motifs is 2. The Morgan fingerprint density at radius 2 is 2.03 bits per heavy atom. The van der Waals surface area contributed by atoms with E-state index in [4.69, 9.17) is 11.6 Å². The SMILES string of the molecule is O=c1c2cc(Cl)cc(Br)c2ncn1CCCN1CC=C(c2c[nH]c3ccccc23)CC1. The van der Waals surface area contributed by atoms with Gasteiger partial charge in [-0.3, -0.25) is 14.3 Å². The van der Waals surface area contributed by atoms with Crippen molar-refractivity contribution in [1.82, 2.24) is 19.4 Å². The second kappa shape index (κ2) is 8.61. The lowest BCUT2D eigenvalue weighted by atomic mass is 9.99. The van der Waals surface area contributed by atoms with Crippen LogP contribution in [-0.2, 0) is 6.54 Å². The van der Waals surface area contributed by atoms with E-state index in [1.165, 1.54) is 22.0 Å². The fourth-order valence-electron chi connectivity index (χ4n) is 4.31. The maximum absolute atomic E-state index is 12.8. The van der Waals surface area contributed by atoms with Crippen LogP contribution in [0.4, 0.5) is 0 Å². The zero-order valence-electron chi connectivity index (χ0n) is 16.9. The molecule has 1 aliphatic rings. The van der Waals surface area contributed by atoms with E-state index in [1.54, 1.807) is 23.0 Å². The molecule has 5 rings (SSSR count). The summed E-state index contributed by atoms with van der Waals surface area (Å²) in [6.07, 6.45) is 8.02. The van der Waals surface area contributed by atoms with Crippen molar-refractivity contribution in [1.29, 1.82) is 0 Å². The van der Waals surface area contributed by atoms with Crippen LogP contribution in [0.5, 0.6) is 0 Å². The van der Waals surface area contributed by atoms with E-state index >= 15 is 0 Å². The molecule has 0 fully saturated rings. The van der Waals surface area contributed by atoms with E-state index in [0.717, 1.165) is 36.9 Å². The van der Waals surface area contributed by atoms with Gasteiger partial charge in [0.1, 0.15) is 0 Å². The van der Waals surface area contributed by atoms with Gasteiger partial charge in [-0.15, -0.1) is 0 Å². The minimum Gasteiger partial charge on any atom is -0.361 e. The van der Waals surface area contributed by atoms with Gasteiger partial charge < -0.3 is 4.98 Å². The number of aromatic nitrogens is 3. The highest BCUT2D eigenvalue weighted by Gasteiger charge is 2.15. The van der Waals surface area contributed by atoms with Crippen molar-refractivity contribution in [2.24, 2.45) is 0 Å². The number of nitrogens with zero attached hydrogens (tertiary/aromatic N) is 3. The molecule has 2 aromatic heterocycles. The predicted octanol–water partition coefficient (Wildman–Crippen LogP) is 5.47. The third kappa shape index (κ3) is 4.07. The first-order valence-electron chi connectivity index (χ1n) is 10.4. The van der Waals surface area contributed by atoms with Crippen molar-refractivity contribution in [3.05, 3.63) is 80.4 Å². The van der Waals surface area contributed by atoms with Crippen LogP contribution in [0.15, 0.2) is 64.3 Å². The van der Waals surface area contributed by atoms with Gasteiger partial charge in [0.05, 0.1) is 17.2 Å². The molecule has 0 unspecified atom stereocenters. The van der Waals surface area contributed by atoms with Crippen molar-refractivity contribution < 1.29 is 0 Å². The molecular formula is C24H22BrClN4O. The molecule has 7 heteroatoms. The number of para-hydroxylation sites is 1.